The van der Waals surface area contributed by atoms with Crippen molar-refractivity contribution in [1.29, 1.82) is 0 Å². The SMILES string of the molecule is O=C1N[C@H](c2ccc(-c3ccccc3[N+](=O)[O-])o2)[C@H](C(=O)c2ccc(F)cc2)[C@](O)(C(F)(F)F)N1. The highest BCUT2D eigenvalue weighted by Crippen LogP contribution is 2.45. The molecule has 1 aromatic heterocycles. The zero-order valence-corrected chi connectivity index (χ0v) is 17.4. The number of nitrogens with zero attached hydrogens (tertiary/aromatic N) is 1. The predicted molar refractivity (Wildman–Crippen MR) is 110 cm³/mol. The van der Waals surface area contributed by atoms with Crippen LogP contribution in [0.5, 0.6) is 0 Å². The number of amides is 2. The van der Waals surface area contributed by atoms with E-state index < -0.39 is 46.4 Å². The lowest BCUT2D eigenvalue weighted by Gasteiger charge is -2.44. The van der Waals surface area contributed by atoms with Gasteiger partial charge in [-0.25, -0.2) is 9.18 Å². The van der Waals surface area contributed by atoms with Crippen LogP contribution in [0.15, 0.2) is 65.1 Å². The number of benzene rings is 2. The molecule has 3 aromatic rings. The Kier molecular flexibility index (Phi) is 5.80. The number of rotatable bonds is 5. The molecular weight excluding hydrogens is 478 g/mol. The molecule has 13 heteroatoms. The summed E-state index contributed by atoms with van der Waals surface area (Å²) in [5.41, 5.74) is -4.74. The zero-order valence-electron chi connectivity index (χ0n) is 17.4. The number of nitrogens with one attached hydrogen (secondary N) is 2. The molecule has 2 heterocycles. The van der Waals surface area contributed by atoms with Crippen LogP contribution in [-0.4, -0.2) is 33.7 Å². The van der Waals surface area contributed by atoms with Gasteiger partial charge in [-0.05, 0) is 42.5 Å². The number of aliphatic hydroxyl groups is 1. The van der Waals surface area contributed by atoms with Gasteiger partial charge in [-0.3, -0.25) is 14.9 Å². The number of furan rings is 1. The molecule has 3 atom stereocenters. The maximum atomic E-state index is 14.0. The van der Waals surface area contributed by atoms with E-state index in [0.717, 1.165) is 30.3 Å². The van der Waals surface area contributed by atoms with Crippen molar-refractivity contribution in [2.45, 2.75) is 17.9 Å². The molecule has 3 N–H and O–H groups in total. The Bertz CT molecular complexity index is 1310. The van der Waals surface area contributed by atoms with Gasteiger partial charge in [0.15, 0.2) is 5.78 Å². The van der Waals surface area contributed by atoms with Crippen LogP contribution in [0.4, 0.5) is 28.0 Å². The number of para-hydroxylation sites is 1. The third kappa shape index (κ3) is 4.21. The molecule has 1 aliphatic heterocycles. The largest absolute Gasteiger partial charge is 0.459 e. The average Bonchev–Trinajstić information content (AvgIpc) is 3.28. The normalized spacial score (nSPS) is 22.3. The standard InChI is InChI=1S/C22H15F4N3O6/c23-12-7-5-11(6-8-12)19(30)17-18(27-20(31)28-21(17,32)22(24,25)26)16-10-9-15(35-16)13-3-1-2-4-14(13)29(33)34/h1-10,17-18,32H,(H2,27,28,31)/t17-,18-,21+/m1/s1. The van der Waals surface area contributed by atoms with Gasteiger partial charge in [0.2, 0.25) is 5.72 Å². The molecule has 9 nitrogen and oxygen atoms in total. The van der Waals surface area contributed by atoms with Gasteiger partial charge < -0.3 is 20.2 Å². The third-order valence-electron chi connectivity index (χ3n) is 5.52. The Morgan fingerprint density at radius 3 is 2.37 bits per heavy atom. The van der Waals surface area contributed by atoms with Crippen LogP contribution < -0.4 is 10.6 Å². The third-order valence-corrected chi connectivity index (χ3v) is 5.52. The van der Waals surface area contributed by atoms with Crippen LogP contribution >= 0.6 is 0 Å². The van der Waals surface area contributed by atoms with Crippen molar-refractivity contribution in [3.63, 3.8) is 0 Å². The number of halogens is 4. The maximum Gasteiger partial charge on any atom is 0.437 e. The van der Waals surface area contributed by atoms with Crippen LogP contribution in [0.3, 0.4) is 0 Å². The van der Waals surface area contributed by atoms with Crippen molar-refractivity contribution in [1.82, 2.24) is 10.6 Å². The summed E-state index contributed by atoms with van der Waals surface area (Å²) in [4.78, 5) is 35.9. The van der Waals surface area contributed by atoms with Gasteiger partial charge >= 0.3 is 12.2 Å². The van der Waals surface area contributed by atoms with E-state index in [9.17, 15) is 42.4 Å². The van der Waals surface area contributed by atoms with Crippen molar-refractivity contribution in [3.8, 4) is 11.3 Å². The number of Topliss-reactive ketones (excluding diaryl/α,β-unsaturated/α-hetero) is 1. The molecule has 1 fully saturated rings. The van der Waals surface area contributed by atoms with Crippen molar-refractivity contribution in [3.05, 3.63) is 87.9 Å². The fourth-order valence-electron chi connectivity index (χ4n) is 3.88. The number of carbonyl (C=O) groups is 2. The van der Waals surface area contributed by atoms with Gasteiger partial charge in [-0.2, -0.15) is 13.2 Å². The first-order valence-electron chi connectivity index (χ1n) is 9.93. The smallest absolute Gasteiger partial charge is 0.437 e. The highest BCUT2D eigenvalue weighted by atomic mass is 19.4. The summed E-state index contributed by atoms with van der Waals surface area (Å²) in [5, 5.41) is 25.4. The van der Waals surface area contributed by atoms with Crippen LogP contribution in [-0.2, 0) is 0 Å². The number of nitro groups is 1. The fourth-order valence-corrected chi connectivity index (χ4v) is 3.88. The van der Waals surface area contributed by atoms with Crippen LogP contribution in [0.1, 0.15) is 22.2 Å². The van der Waals surface area contributed by atoms with Gasteiger partial charge in [-0.1, -0.05) is 12.1 Å². The molecule has 0 radical (unpaired) electrons. The lowest BCUT2D eigenvalue weighted by atomic mass is 9.79. The molecule has 2 aromatic carbocycles. The van der Waals surface area contributed by atoms with E-state index in [1.165, 1.54) is 35.6 Å². The minimum absolute atomic E-state index is 0.00324. The molecule has 1 aliphatic rings. The van der Waals surface area contributed by atoms with E-state index >= 15 is 0 Å². The topological polar surface area (TPSA) is 135 Å². The Morgan fingerprint density at radius 2 is 1.74 bits per heavy atom. The van der Waals surface area contributed by atoms with Gasteiger partial charge in [0.05, 0.1) is 10.5 Å². The first kappa shape index (κ1) is 23.9. The van der Waals surface area contributed by atoms with Gasteiger partial charge in [0.25, 0.3) is 5.69 Å². The second-order valence-corrected chi connectivity index (χ2v) is 7.67. The lowest BCUT2D eigenvalue weighted by Crippen LogP contribution is -2.72. The molecule has 2 amide bonds. The number of ketones is 1. The summed E-state index contributed by atoms with van der Waals surface area (Å²) in [5.74, 6) is -4.93. The second-order valence-electron chi connectivity index (χ2n) is 7.67. The summed E-state index contributed by atoms with van der Waals surface area (Å²) in [6.07, 6.45) is -5.50. The van der Waals surface area contributed by atoms with Crippen LogP contribution in [0.2, 0.25) is 0 Å². The van der Waals surface area contributed by atoms with E-state index in [1.54, 1.807) is 0 Å². The first-order valence-corrected chi connectivity index (χ1v) is 9.93. The van der Waals surface area contributed by atoms with E-state index in [2.05, 4.69) is 5.32 Å². The molecular formula is C22H15F4N3O6. The average molecular weight is 493 g/mol. The molecule has 1 saturated heterocycles. The van der Waals surface area contributed by atoms with E-state index in [1.807, 2.05) is 0 Å². The Morgan fingerprint density at radius 1 is 1.09 bits per heavy atom. The van der Waals surface area contributed by atoms with Gasteiger partial charge in [-0.15, -0.1) is 0 Å². The summed E-state index contributed by atoms with van der Waals surface area (Å²) < 4.78 is 60.8. The minimum atomic E-state index is -5.50. The number of hydrogen-bond donors (Lipinski definition) is 3. The number of hydrogen-bond acceptors (Lipinski definition) is 6. The van der Waals surface area contributed by atoms with Crippen molar-refractivity contribution >= 4 is 17.5 Å². The molecule has 0 unspecified atom stereocenters. The van der Waals surface area contributed by atoms with Crippen LogP contribution in [0.25, 0.3) is 11.3 Å². The van der Waals surface area contributed by atoms with Crippen LogP contribution in [0, 0.1) is 21.8 Å². The quantitative estimate of drug-likeness (QED) is 0.212. The Balaban J connectivity index is 1.83. The minimum Gasteiger partial charge on any atom is -0.459 e. The molecule has 182 valence electrons. The second kappa shape index (κ2) is 8.51. The fraction of sp³-hybridized carbons (Fsp3) is 0.182. The predicted octanol–water partition coefficient (Wildman–Crippen LogP) is 4.10. The van der Waals surface area contributed by atoms with Crippen molar-refractivity contribution in [2.24, 2.45) is 5.92 Å². The summed E-state index contributed by atoms with van der Waals surface area (Å²) in [6, 6.07) is 8.04. The zero-order chi connectivity index (χ0) is 25.5. The lowest BCUT2D eigenvalue weighted by molar-refractivity contribution is -0.384. The molecule has 4 rings (SSSR count). The summed E-state index contributed by atoms with van der Waals surface area (Å²) in [7, 11) is 0. The van der Waals surface area contributed by atoms with Crippen molar-refractivity contribution < 1.29 is 41.6 Å². The highest BCUT2D eigenvalue weighted by Gasteiger charge is 2.66. The molecule has 0 bridgehead atoms. The number of urea groups is 1. The van der Waals surface area contributed by atoms with E-state index in [0.29, 0.717) is 0 Å². The van der Waals surface area contributed by atoms with Gasteiger partial charge in [0.1, 0.15) is 29.3 Å². The molecule has 0 spiro atoms. The Labute approximate surface area is 193 Å². The Hall–Kier alpha value is -4.26. The van der Waals surface area contributed by atoms with E-state index in [4.69, 9.17) is 4.42 Å². The van der Waals surface area contributed by atoms with Gasteiger partial charge in [0, 0.05) is 11.6 Å². The number of nitro benzene ring substituents is 1. The number of carbonyl (C=O) groups excluding carboxylic acids is 2. The maximum absolute atomic E-state index is 14.0. The summed E-state index contributed by atoms with van der Waals surface area (Å²) in [6.45, 7) is 0. The molecule has 0 saturated carbocycles. The van der Waals surface area contributed by atoms with Crippen molar-refractivity contribution in [2.75, 3.05) is 0 Å². The monoisotopic (exact) mass is 493 g/mol. The molecule has 0 aliphatic carbocycles. The number of alkyl halides is 3. The van der Waals surface area contributed by atoms with E-state index in [-0.39, 0.29) is 28.3 Å². The summed E-state index contributed by atoms with van der Waals surface area (Å²) >= 11 is 0. The highest BCUT2D eigenvalue weighted by molar-refractivity contribution is 6.00. The molecule has 35 heavy (non-hydrogen) atoms. The first-order chi connectivity index (χ1) is 16.4.